The van der Waals surface area contributed by atoms with Crippen molar-refractivity contribution in [1.82, 2.24) is 20.4 Å². The van der Waals surface area contributed by atoms with Crippen molar-refractivity contribution >= 4 is 22.5 Å². The summed E-state index contributed by atoms with van der Waals surface area (Å²) < 4.78 is 5.38. The maximum atomic E-state index is 12.9. The molecule has 2 aromatic rings. The number of unbranched alkanes of at least 4 members (excludes halogenated alkanes) is 2. The highest BCUT2D eigenvalue weighted by Crippen LogP contribution is 2.27. The van der Waals surface area contributed by atoms with Gasteiger partial charge in [0, 0.05) is 6.54 Å². The number of amides is 2. The molecule has 0 aliphatic carbocycles. The summed E-state index contributed by atoms with van der Waals surface area (Å²) in [6.07, 6.45) is 5.65. The van der Waals surface area contributed by atoms with Crippen LogP contribution in [0, 0.1) is 0 Å². The van der Waals surface area contributed by atoms with Crippen LogP contribution in [-0.4, -0.2) is 40.4 Å². The molecule has 1 unspecified atom stereocenters. The largest absolute Gasteiger partial charge is 0.468 e. The van der Waals surface area contributed by atoms with Crippen LogP contribution in [0.2, 0.25) is 0 Å². The quantitative estimate of drug-likeness (QED) is 0.692. The first-order chi connectivity index (χ1) is 12.2. The average Bonchev–Trinajstić information content (AvgIpc) is 3.34. The van der Waals surface area contributed by atoms with E-state index in [4.69, 9.17) is 4.42 Å². The van der Waals surface area contributed by atoms with Gasteiger partial charge in [0.2, 0.25) is 5.13 Å². The molecule has 0 bridgehead atoms. The van der Waals surface area contributed by atoms with Crippen LogP contribution < -0.4 is 10.2 Å². The smallest absolute Gasteiger partial charge is 0.327 e. The third-order valence-corrected chi connectivity index (χ3v) is 5.34. The molecule has 7 nitrogen and oxygen atoms in total. The van der Waals surface area contributed by atoms with E-state index in [0.717, 1.165) is 43.0 Å². The van der Waals surface area contributed by atoms with Gasteiger partial charge >= 0.3 is 6.03 Å². The van der Waals surface area contributed by atoms with Gasteiger partial charge < -0.3 is 9.32 Å². The predicted octanol–water partition coefficient (Wildman–Crippen LogP) is 3.24. The number of urea groups is 1. The summed E-state index contributed by atoms with van der Waals surface area (Å²) in [5, 5.41) is 13.4. The Morgan fingerprint density at radius 2 is 2.24 bits per heavy atom. The van der Waals surface area contributed by atoms with Crippen molar-refractivity contribution < 1.29 is 9.21 Å². The Morgan fingerprint density at radius 1 is 1.36 bits per heavy atom. The molecule has 8 heteroatoms. The van der Waals surface area contributed by atoms with Crippen LogP contribution in [-0.2, 0) is 13.0 Å². The monoisotopic (exact) mass is 363 g/mol. The van der Waals surface area contributed by atoms with Gasteiger partial charge in [-0.25, -0.2) is 4.79 Å². The minimum atomic E-state index is -0.128. The van der Waals surface area contributed by atoms with Crippen LogP contribution in [0.15, 0.2) is 22.8 Å². The van der Waals surface area contributed by atoms with Crippen LogP contribution in [0.25, 0.3) is 0 Å². The molecule has 0 radical (unpaired) electrons. The highest BCUT2D eigenvalue weighted by Gasteiger charge is 2.39. The predicted molar refractivity (Wildman–Crippen MR) is 97.6 cm³/mol. The molecule has 1 N–H and O–H groups in total. The second-order valence-electron chi connectivity index (χ2n) is 6.11. The molecular weight excluding hydrogens is 338 g/mol. The van der Waals surface area contributed by atoms with E-state index in [0.29, 0.717) is 18.2 Å². The summed E-state index contributed by atoms with van der Waals surface area (Å²) in [6, 6.07) is 3.80. The lowest BCUT2D eigenvalue weighted by atomic mass is 10.2. The molecule has 0 spiro atoms. The van der Waals surface area contributed by atoms with Gasteiger partial charge in [-0.15, -0.1) is 10.2 Å². The highest BCUT2D eigenvalue weighted by atomic mass is 32.1. The van der Waals surface area contributed by atoms with Crippen molar-refractivity contribution in [1.29, 1.82) is 0 Å². The molecule has 2 amide bonds. The van der Waals surface area contributed by atoms with Gasteiger partial charge in [0.1, 0.15) is 16.9 Å². The fourth-order valence-electron chi connectivity index (χ4n) is 2.88. The number of rotatable bonds is 9. The van der Waals surface area contributed by atoms with Crippen molar-refractivity contribution in [2.75, 3.05) is 18.0 Å². The fourth-order valence-corrected chi connectivity index (χ4v) is 3.70. The number of nitrogens with one attached hydrogen (secondary N) is 1. The summed E-state index contributed by atoms with van der Waals surface area (Å²) >= 11 is 1.48. The molecule has 136 valence electrons. The maximum Gasteiger partial charge on any atom is 0.327 e. The van der Waals surface area contributed by atoms with Gasteiger partial charge in [-0.3, -0.25) is 10.2 Å². The van der Waals surface area contributed by atoms with Gasteiger partial charge in [-0.2, -0.15) is 0 Å². The third kappa shape index (κ3) is 4.19. The second-order valence-corrected chi connectivity index (χ2v) is 7.15. The molecule has 0 saturated carbocycles. The van der Waals surface area contributed by atoms with E-state index in [2.05, 4.69) is 22.4 Å². The number of furan rings is 1. The Balaban J connectivity index is 1.72. The van der Waals surface area contributed by atoms with Crippen molar-refractivity contribution in [2.45, 2.75) is 52.2 Å². The molecule has 2 aromatic heterocycles. The SMILES string of the molecule is CCCCCN1CC(NCc2ccco2)N(c2nnc(CC)s2)C1=O. The zero-order chi connectivity index (χ0) is 17.6. The first-order valence-corrected chi connectivity index (χ1v) is 9.70. The van der Waals surface area contributed by atoms with E-state index in [1.54, 1.807) is 11.2 Å². The van der Waals surface area contributed by atoms with Gasteiger partial charge in [-0.1, -0.05) is 38.0 Å². The van der Waals surface area contributed by atoms with Crippen molar-refractivity contribution in [3.63, 3.8) is 0 Å². The first kappa shape index (κ1) is 17.9. The van der Waals surface area contributed by atoms with Crippen molar-refractivity contribution in [3.05, 3.63) is 29.2 Å². The molecule has 0 aromatic carbocycles. The molecule has 1 atom stereocenters. The van der Waals surface area contributed by atoms with Crippen LogP contribution >= 0.6 is 11.3 Å². The highest BCUT2D eigenvalue weighted by molar-refractivity contribution is 7.15. The van der Waals surface area contributed by atoms with E-state index >= 15 is 0 Å². The van der Waals surface area contributed by atoms with Gasteiger partial charge in [0.05, 0.1) is 19.4 Å². The third-order valence-electron chi connectivity index (χ3n) is 4.27. The zero-order valence-electron chi connectivity index (χ0n) is 14.8. The van der Waals surface area contributed by atoms with Crippen LogP contribution in [0.1, 0.15) is 43.9 Å². The summed E-state index contributed by atoms with van der Waals surface area (Å²) in [5.74, 6) is 0.850. The number of carbonyl (C=O) groups excluding carboxylic acids is 1. The minimum Gasteiger partial charge on any atom is -0.468 e. The number of carbonyl (C=O) groups is 1. The Morgan fingerprint density at radius 3 is 2.92 bits per heavy atom. The molecular formula is C17H25N5O2S. The van der Waals surface area contributed by atoms with Gasteiger partial charge in [-0.05, 0) is 25.0 Å². The lowest BCUT2D eigenvalue weighted by Crippen LogP contribution is -2.44. The number of hydrogen-bond acceptors (Lipinski definition) is 6. The lowest BCUT2D eigenvalue weighted by molar-refractivity contribution is 0.219. The maximum absolute atomic E-state index is 12.9. The molecule has 3 heterocycles. The Kier molecular flexibility index (Phi) is 6.04. The molecule has 1 aliphatic rings. The number of hydrogen-bond donors (Lipinski definition) is 1. The average molecular weight is 363 g/mol. The number of nitrogens with zero attached hydrogens (tertiary/aromatic N) is 4. The topological polar surface area (TPSA) is 74.5 Å². The summed E-state index contributed by atoms with van der Waals surface area (Å²) in [5.41, 5.74) is 0. The van der Waals surface area contributed by atoms with E-state index < -0.39 is 0 Å². The van der Waals surface area contributed by atoms with E-state index in [1.807, 2.05) is 24.0 Å². The van der Waals surface area contributed by atoms with Crippen molar-refractivity contribution in [3.8, 4) is 0 Å². The Labute approximate surface area is 152 Å². The minimum absolute atomic E-state index is 0.00634. The molecule has 1 fully saturated rings. The lowest BCUT2D eigenvalue weighted by Gasteiger charge is -2.20. The fraction of sp³-hybridized carbons (Fsp3) is 0.588. The zero-order valence-corrected chi connectivity index (χ0v) is 15.6. The van der Waals surface area contributed by atoms with Gasteiger partial charge in [0.25, 0.3) is 0 Å². The number of aromatic nitrogens is 2. The van der Waals surface area contributed by atoms with Crippen LogP contribution in [0.4, 0.5) is 9.93 Å². The van der Waals surface area contributed by atoms with Crippen molar-refractivity contribution in [2.24, 2.45) is 0 Å². The summed E-state index contributed by atoms with van der Waals surface area (Å²) in [7, 11) is 0. The van der Waals surface area contributed by atoms with E-state index in [1.165, 1.54) is 11.3 Å². The molecule has 3 rings (SSSR count). The van der Waals surface area contributed by atoms with Crippen LogP contribution in [0.5, 0.6) is 0 Å². The molecule has 1 saturated heterocycles. The first-order valence-electron chi connectivity index (χ1n) is 8.89. The van der Waals surface area contributed by atoms with E-state index in [9.17, 15) is 4.79 Å². The molecule has 1 aliphatic heterocycles. The standard InChI is InChI=1S/C17H25N5O2S/c1-3-5-6-9-21-12-14(18-11-13-8-7-10-24-13)22(17(21)23)16-20-19-15(4-2)25-16/h7-8,10,14,18H,3-6,9,11-12H2,1-2H3. The van der Waals surface area contributed by atoms with E-state index in [-0.39, 0.29) is 12.2 Å². The van der Waals surface area contributed by atoms with Crippen LogP contribution in [0.3, 0.4) is 0 Å². The number of aryl methyl sites for hydroxylation is 1. The second kappa shape index (κ2) is 8.44. The molecule has 25 heavy (non-hydrogen) atoms. The Bertz CT molecular complexity index is 672. The number of anilines is 1. The Hall–Kier alpha value is -1.93. The summed E-state index contributed by atoms with van der Waals surface area (Å²) in [6.45, 7) is 6.20. The summed E-state index contributed by atoms with van der Waals surface area (Å²) in [4.78, 5) is 16.5. The van der Waals surface area contributed by atoms with Gasteiger partial charge in [0.15, 0.2) is 0 Å². The normalized spacial score (nSPS) is 17.7.